The van der Waals surface area contributed by atoms with Gasteiger partial charge in [-0.2, -0.15) is 0 Å². The lowest BCUT2D eigenvalue weighted by atomic mass is 10.1. The van der Waals surface area contributed by atoms with Crippen molar-refractivity contribution in [2.75, 3.05) is 24.3 Å². The van der Waals surface area contributed by atoms with Gasteiger partial charge in [-0.3, -0.25) is 4.57 Å². The molecule has 8 heteroatoms. The maximum Gasteiger partial charge on any atom is 0.233 e. The molecule has 0 aliphatic heterocycles. The van der Waals surface area contributed by atoms with E-state index in [-0.39, 0.29) is 6.16 Å². The summed E-state index contributed by atoms with van der Waals surface area (Å²) in [7, 11) is -1.98. The Hall–Kier alpha value is -3.54. The first kappa shape index (κ1) is 21.7. The van der Waals surface area contributed by atoms with Crippen molar-refractivity contribution in [3.63, 3.8) is 0 Å². The van der Waals surface area contributed by atoms with E-state index in [1.807, 2.05) is 36.4 Å². The lowest BCUT2D eigenvalue weighted by Crippen LogP contribution is -2.10. The maximum atomic E-state index is 12.4. The van der Waals surface area contributed by atoms with Crippen LogP contribution in [0.25, 0.3) is 10.8 Å². The minimum Gasteiger partial charge on any atom is -0.496 e. The molecule has 0 spiro atoms. The van der Waals surface area contributed by atoms with Gasteiger partial charge in [0.05, 0.1) is 12.4 Å². The topological polar surface area (TPSA) is 107 Å². The van der Waals surface area contributed by atoms with Crippen LogP contribution in [-0.2, 0) is 4.57 Å². The predicted octanol–water partition coefficient (Wildman–Crippen LogP) is 5.28. The summed E-state index contributed by atoms with van der Waals surface area (Å²) in [6.45, 7) is 1.67. The first-order valence-corrected chi connectivity index (χ1v) is 11.9. The number of nitrogens with one attached hydrogen (secondary N) is 1. The molecule has 0 saturated heterocycles. The first-order chi connectivity index (χ1) is 15.4. The molecule has 32 heavy (non-hydrogen) atoms. The number of nitrogens with two attached hydrogens (primary N) is 1. The number of fused-ring (bicyclic) bond motifs is 1. The number of hydrogen-bond donors (Lipinski definition) is 3. The van der Waals surface area contributed by atoms with E-state index in [1.54, 1.807) is 43.5 Å². The molecular formula is C24H24N3O4P. The van der Waals surface area contributed by atoms with Crippen molar-refractivity contribution in [2.24, 2.45) is 0 Å². The Balaban J connectivity index is 1.60. The molecule has 164 valence electrons. The number of benzene rings is 3. The van der Waals surface area contributed by atoms with Crippen molar-refractivity contribution in [1.82, 2.24) is 4.98 Å². The zero-order valence-electron chi connectivity index (χ0n) is 17.8. The Bertz CT molecular complexity index is 1330. The van der Waals surface area contributed by atoms with E-state index in [1.165, 1.54) is 7.11 Å². The Morgan fingerprint density at radius 1 is 1.03 bits per heavy atom. The van der Waals surface area contributed by atoms with E-state index in [0.717, 1.165) is 10.8 Å². The molecule has 1 heterocycles. The number of pyridine rings is 1. The summed E-state index contributed by atoms with van der Waals surface area (Å²) >= 11 is 0. The summed E-state index contributed by atoms with van der Waals surface area (Å²) in [6.07, 6.45) is 1.78. The summed E-state index contributed by atoms with van der Waals surface area (Å²) in [5, 5.41) is 5.33. The van der Waals surface area contributed by atoms with E-state index in [9.17, 15) is 9.46 Å². The molecule has 1 atom stereocenters. The van der Waals surface area contributed by atoms with Crippen LogP contribution in [0.5, 0.6) is 17.2 Å². The van der Waals surface area contributed by atoms with E-state index < -0.39 is 7.37 Å². The van der Waals surface area contributed by atoms with Gasteiger partial charge < -0.3 is 25.4 Å². The van der Waals surface area contributed by atoms with Crippen LogP contribution in [0.3, 0.4) is 0 Å². The van der Waals surface area contributed by atoms with Crippen LogP contribution in [0.15, 0.2) is 72.9 Å². The molecule has 0 saturated carbocycles. The van der Waals surface area contributed by atoms with Gasteiger partial charge in [-0.05, 0) is 30.3 Å². The highest BCUT2D eigenvalue weighted by Crippen LogP contribution is 2.42. The fourth-order valence-corrected chi connectivity index (χ4v) is 4.56. The van der Waals surface area contributed by atoms with Crippen LogP contribution in [0, 0.1) is 0 Å². The number of anilines is 3. The van der Waals surface area contributed by atoms with Crippen molar-refractivity contribution >= 4 is 40.6 Å². The number of nitrogens with zero attached hydrogens (tertiary/aromatic N) is 1. The SMILES string of the molecule is CCP(=O)(O)c1ccc(Nc2cc(Oc3ccc(N)c4ccccc34)ccn2)cc1OC. The number of ether oxygens (including phenoxy) is 2. The molecule has 1 unspecified atom stereocenters. The van der Waals surface area contributed by atoms with E-state index >= 15 is 0 Å². The molecule has 3 aromatic carbocycles. The third-order valence-electron chi connectivity index (χ3n) is 5.13. The Kier molecular flexibility index (Phi) is 6.04. The molecular weight excluding hydrogens is 425 g/mol. The van der Waals surface area contributed by atoms with Crippen molar-refractivity contribution in [1.29, 1.82) is 0 Å². The lowest BCUT2D eigenvalue weighted by Gasteiger charge is -2.15. The zero-order chi connectivity index (χ0) is 22.7. The first-order valence-electron chi connectivity index (χ1n) is 10.1. The number of hydrogen-bond acceptors (Lipinski definition) is 6. The van der Waals surface area contributed by atoms with Crippen molar-refractivity contribution < 1.29 is 18.9 Å². The van der Waals surface area contributed by atoms with Gasteiger partial charge in [0.2, 0.25) is 7.37 Å². The summed E-state index contributed by atoms with van der Waals surface area (Å²) in [4.78, 5) is 14.5. The van der Waals surface area contributed by atoms with E-state index in [4.69, 9.17) is 15.2 Å². The average molecular weight is 449 g/mol. The highest BCUT2D eigenvalue weighted by atomic mass is 31.2. The third kappa shape index (κ3) is 4.40. The summed E-state index contributed by atoms with van der Waals surface area (Å²) in [5.41, 5.74) is 7.44. The second-order valence-electron chi connectivity index (χ2n) is 7.21. The van der Waals surface area contributed by atoms with E-state index in [2.05, 4.69) is 10.3 Å². The highest BCUT2D eigenvalue weighted by Gasteiger charge is 2.23. The predicted molar refractivity (Wildman–Crippen MR) is 129 cm³/mol. The molecule has 7 nitrogen and oxygen atoms in total. The Labute approximate surface area is 186 Å². The van der Waals surface area contributed by atoms with Crippen LogP contribution >= 0.6 is 7.37 Å². The molecule has 1 aromatic heterocycles. The fourth-order valence-electron chi connectivity index (χ4n) is 3.42. The van der Waals surface area contributed by atoms with Gasteiger partial charge in [-0.1, -0.05) is 31.2 Å². The number of methoxy groups -OCH3 is 1. The molecule has 4 N–H and O–H groups in total. The van der Waals surface area contributed by atoms with Gasteiger partial charge in [-0.25, -0.2) is 4.98 Å². The van der Waals surface area contributed by atoms with Crippen molar-refractivity contribution in [2.45, 2.75) is 6.92 Å². The third-order valence-corrected chi connectivity index (χ3v) is 7.11. The minimum absolute atomic E-state index is 0.136. The average Bonchev–Trinajstić information content (AvgIpc) is 2.81. The van der Waals surface area contributed by atoms with Crippen LogP contribution in [0.4, 0.5) is 17.2 Å². The molecule has 0 aliphatic carbocycles. The molecule has 0 amide bonds. The van der Waals surface area contributed by atoms with Crippen LogP contribution in [0.1, 0.15) is 6.92 Å². The van der Waals surface area contributed by atoms with Crippen LogP contribution < -0.4 is 25.8 Å². The van der Waals surface area contributed by atoms with Gasteiger partial charge in [0.1, 0.15) is 23.1 Å². The zero-order valence-corrected chi connectivity index (χ0v) is 18.7. The monoisotopic (exact) mass is 449 g/mol. The van der Waals surface area contributed by atoms with Crippen LogP contribution in [0.2, 0.25) is 0 Å². The van der Waals surface area contributed by atoms with Gasteiger partial charge in [0, 0.05) is 46.6 Å². The van der Waals surface area contributed by atoms with Gasteiger partial charge >= 0.3 is 0 Å². The molecule has 4 rings (SSSR count). The Morgan fingerprint density at radius 2 is 1.81 bits per heavy atom. The second-order valence-corrected chi connectivity index (χ2v) is 9.72. The fraction of sp³-hybridized carbons (Fsp3) is 0.125. The Morgan fingerprint density at radius 3 is 2.56 bits per heavy atom. The number of aromatic nitrogens is 1. The summed E-state index contributed by atoms with van der Waals surface area (Å²) in [5.74, 6) is 2.20. The lowest BCUT2D eigenvalue weighted by molar-refractivity contribution is 0.416. The standard InChI is InChI=1S/C24H24N3O4P/c1-3-32(28,29)23-11-8-16(14-22(23)30-2)27-24-15-17(12-13-26-24)31-21-10-9-20(25)18-6-4-5-7-19(18)21/h4-15H,3,25H2,1-2H3,(H,26,27)(H,28,29). The molecule has 4 aromatic rings. The normalized spacial score (nSPS) is 12.8. The second kappa shape index (κ2) is 8.91. The van der Waals surface area contributed by atoms with Gasteiger partial charge in [0.15, 0.2) is 0 Å². The molecule has 0 aliphatic rings. The number of rotatable bonds is 7. The molecule has 0 bridgehead atoms. The smallest absolute Gasteiger partial charge is 0.233 e. The largest absolute Gasteiger partial charge is 0.496 e. The quantitative estimate of drug-likeness (QED) is 0.260. The minimum atomic E-state index is -3.45. The van der Waals surface area contributed by atoms with E-state index in [0.29, 0.717) is 39.7 Å². The van der Waals surface area contributed by atoms with Gasteiger partial charge in [0.25, 0.3) is 0 Å². The molecule has 0 fully saturated rings. The van der Waals surface area contributed by atoms with Crippen molar-refractivity contribution in [3.8, 4) is 17.2 Å². The highest BCUT2D eigenvalue weighted by molar-refractivity contribution is 7.66. The van der Waals surface area contributed by atoms with Gasteiger partial charge in [-0.15, -0.1) is 0 Å². The maximum absolute atomic E-state index is 12.4. The number of nitrogen functional groups attached to an aromatic ring is 1. The van der Waals surface area contributed by atoms with Crippen LogP contribution in [-0.4, -0.2) is 23.1 Å². The van der Waals surface area contributed by atoms with Crippen molar-refractivity contribution in [3.05, 3.63) is 72.9 Å². The summed E-state index contributed by atoms with van der Waals surface area (Å²) < 4.78 is 23.8. The summed E-state index contributed by atoms with van der Waals surface area (Å²) in [6, 6.07) is 20.0. The molecule has 0 radical (unpaired) electrons.